The van der Waals surface area contributed by atoms with E-state index in [2.05, 4.69) is 21.2 Å². The fraction of sp³-hybridized carbons (Fsp3) is 0.278. The van der Waals surface area contributed by atoms with Gasteiger partial charge in [0.05, 0.1) is 17.3 Å². The second-order valence-corrected chi connectivity index (χ2v) is 9.13. The lowest BCUT2D eigenvalue weighted by molar-refractivity contribution is -0.127. The standard InChI is InChI=1S/C18H18BrClN2O4S/c1-2-9-21-18(23)16-11-22(14-5-3-4-6-15(14)26-16)27(24,25)17-8-7-12(19)10-13(17)20/h3-8,10,16H,2,9,11H2,1H3,(H,21,23). The molecule has 9 heteroatoms. The molecular weight excluding hydrogens is 456 g/mol. The molecule has 0 aromatic heterocycles. The molecule has 0 saturated carbocycles. The third kappa shape index (κ3) is 4.07. The highest BCUT2D eigenvalue weighted by Gasteiger charge is 2.38. The first-order valence-corrected chi connectivity index (χ1v) is 11.0. The van der Waals surface area contributed by atoms with Crippen LogP contribution in [-0.4, -0.2) is 33.5 Å². The van der Waals surface area contributed by atoms with Gasteiger partial charge in [0.15, 0.2) is 6.10 Å². The Hall–Kier alpha value is -1.77. The van der Waals surface area contributed by atoms with Gasteiger partial charge in [-0.25, -0.2) is 8.42 Å². The first-order valence-electron chi connectivity index (χ1n) is 8.35. The van der Waals surface area contributed by atoms with Crippen LogP contribution < -0.4 is 14.4 Å². The van der Waals surface area contributed by atoms with Gasteiger partial charge in [-0.1, -0.05) is 46.6 Å². The number of ether oxygens (including phenoxy) is 1. The average molecular weight is 474 g/mol. The number of carbonyl (C=O) groups is 1. The molecule has 0 radical (unpaired) electrons. The highest BCUT2D eigenvalue weighted by Crippen LogP contribution is 2.38. The van der Waals surface area contributed by atoms with Crippen molar-refractivity contribution in [2.75, 3.05) is 17.4 Å². The van der Waals surface area contributed by atoms with Crippen LogP contribution >= 0.6 is 27.5 Å². The molecule has 1 unspecified atom stereocenters. The Morgan fingerprint density at radius 3 is 2.78 bits per heavy atom. The van der Waals surface area contributed by atoms with E-state index in [0.29, 0.717) is 22.5 Å². The number of nitrogens with one attached hydrogen (secondary N) is 1. The van der Waals surface area contributed by atoms with E-state index in [1.807, 2.05) is 6.92 Å². The van der Waals surface area contributed by atoms with Crippen molar-refractivity contribution in [3.63, 3.8) is 0 Å². The van der Waals surface area contributed by atoms with Crippen LogP contribution in [0.15, 0.2) is 51.8 Å². The van der Waals surface area contributed by atoms with Crippen molar-refractivity contribution < 1.29 is 17.9 Å². The molecule has 0 bridgehead atoms. The molecule has 27 heavy (non-hydrogen) atoms. The van der Waals surface area contributed by atoms with Crippen LogP contribution in [0.1, 0.15) is 13.3 Å². The lowest BCUT2D eigenvalue weighted by Crippen LogP contribution is -2.50. The van der Waals surface area contributed by atoms with Crippen LogP contribution in [0.25, 0.3) is 0 Å². The molecule has 1 N–H and O–H groups in total. The molecule has 2 aromatic rings. The summed E-state index contributed by atoms with van der Waals surface area (Å²) in [6.45, 7) is 2.29. The summed E-state index contributed by atoms with van der Waals surface area (Å²) in [5.41, 5.74) is 0.371. The summed E-state index contributed by atoms with van der Waals surface area (Å²) in [7, 11) is -3.99. The highest BCUT2D eigenvalue weighted by molar-refractivity contribution is 9.10. The Balaban J connectivity index is 2.03. The van der Waals surface area contributed by atoms with Gasteiger partial charge in [-0.3, -0.25) is 9.10 Å². The zero-order chi connectivity index (χ0) is 19.6. The first-order chi connectivity index (χ1) is 12.8. The van der Waals surface area contributed by atoms with E-state index >= 15 is 0 Å². The van der Waals surface area contributed by atoms with E-state index in [0.717, 1.165) is 6.42 Å². The molecule has 1 amide bonds. The number of fused-ring (bicyclic) bond motifs is 1. The maximum Gasteiger partial charge on any atom is 0.266 e. The second-order valence-electron chi connectivity index (χ2n) is 5.98. The number of halogens is 2. The minimum Gasteiger partial charge on any atom is -0.476 e. The van der Waals surface area contributed by atoms with E-state index in [1.165, 1.54) is 16.4 Å². The van der Waals surface area contributed by atoms with Crippen LogP contribution in [0.2, 0.25) is 5.02 Å². The molecule has 2 aromatic carbocycles. The number of anilines is 1. The SMILES string of the molecule is CCCNC(=O)C1CN(S(=O)(=O)c2ccc(Br)cc2Cl)c2ccccc2O1. The van der Waals surface area contributed by atoms with Gasteiger partial charge in [-0.05, 0) is 36.8 Å². The predicted molar refractivity (Wildman–Crippen MR) is 108 cm³/mol. The van der Waals surface area contributed by atoms with Gasteiger partial charge in [0.2, 0.25) is 0 Å². The number of hydrogen-bond donors (Lipinski definition) is 1. The second kappa shape index (κ2) is 8.08. The van der Waals surface area contributed by atoms with Gasteiger partial charge in [0, 0.05) is 11.0 Å². The van der Waals surface area contributed by atoms with Crippen molar-refractivity contribution in [3.8, 4) is 5.75 Å². The smallest absolute Gasteiger partial charge is 0.266 e. The lowest BCUT2D eigenvalue weighted by Gasteiger charge is -2.34. The van der Waals surface area contributed by atoms with E-state index in [4.69, 9.17) is 16.3 Å². The molecule has 0 saturated heterocycles. The van der Waals surface area contributed by atoms with E-state index in [-0.39, 0.29) is 22.4 Å². The van der Waals surface area contributed by atoms with Crippen molar-refractivity contribution in [1.29, 1.82) is 0 Å². The van der Waals surface area contributed by atoms with Gasteiger partial charge in [-0.2, -0.15) is 0 Å². The maximum atomic E-state index is 13.3. The summed E-state index contributed by atoms with van der Waals surface area (Å²) in [6.07, 6.45) is -0.179. The van der Waals surface area contributed by atoms with Crippen molar-refractivity contribution in [2.24, 2.45) is 0 Å². The molecule has 0 spiro atoms. The van der Waals surface area contributed by atoms with Crippen LogP contribution in [0.5, 0.6) is 5.75 Å². The van der Waals surface area contributed by atoms with Gasteiger partial charge >= 0.3 is 0 Å². The van der Waals surface area contributed by atoms with Crippen molar-refractivity contribution in [2.45, 2.75) is 24.3 Å². The summed E-state index contributed by atoms with van der Waals surface area (Å²) in [5.74, 6) is -0.0225. The topological polar surface area (TPSA) is 75.7 Å². The molecule has 144 valence electrons. The molecule has 6 nitrogen and oxygen atoms in total. The number of rotatable bonds is 5. The number of benzene rings is 2. The fourth-order valence-electron chi connectivity index (χ4n) is 2.73. The van der Waals surface area contributed by atoms with Gasteiger partial charge in [0.25, 0.3) is 15.9 Å². The summed E-state index contributed by atoms with van der Waals surface area (Å²) < 4.78 is 34.2. The molecule has 1 aliphatic heterocycles. The number of nitrogens with zero attached hydrogens (tertiary/aromatic N) is 1. The number of carbonyl (C=O) groups excluding carboxylic acids is 1. The van der Waals surface area contributed by atoms with Crippen LogP contribution in [0, 0.1) is 0 Å². The van der Waals surface area contributed by atoms with Crippen LogP contribution in [0.4, 0.5) is 5.69 Å². The molecule has 1 aliphatic rings. The maximum absolute atomic E-state index is 13.3. The Bertz CT molecular complexity index is 968. The average Bonchev–Trinajstić information content (AvgIpc) is 2.64. The molecule has 1 atom stereocenters. The molecule has 0 aliphatic carbocycles. The Kier molecular flexibility index (Phi) is 5.98. The van der Waals surface area contributed by atoms with Gasteiger partial charge in [-0.15, -0.1) is 0 Å². The third-order valence-corrected chi connectivity index (χ3v) is 6.79. The summed E-state index contributed by atoms with van der Waals surface area (Å²) >= 11 is 9.45. The molecule has 3 rings (SSSR count). The third-order valence-electron chi connectivity index (χ3n) is 4.04. The number of para-hydroxylation sites is 2. The minimum atomic E-state index is -3.99. The monoisotopic (exact) mass is 472 g/mol. The van der Waals surface area contributed by atoms with E-state index in [9.17, 15) is 13.2 Å². The minimum absolute atomic E-state index is 0.0308. The summed E-state index contributed by atoms with van der Waals surface area (Å²) in [6, 6.07) is 11.3. The molecule has 1 heterocycles. The van der Waals surface area contributed by atoms with Gasteiger partial charge < -0.3 is 10.1 Å². The molecule has 0 fully saturated rings. The summed E-state index contributed by atoms with van der Waals surface area (Å²) in [5, 5.41) is 2.84. The number of amides is 1. The van der Waals surface area contributed by atoms with Crippen LogP contribution in [0.3, 0.4) is 0 Å². The predicted octanol–water partition coefficient (Wildman–Crippen LogP) is 3.59. The zero-order valence-electron chi connectivity index (χ0n) is 14.5. The highest BCUT2D eigenvalue weighted by atomic mass is 79.9. The normalized spacial score (nSPS) is 16.4. The first kappa shape index (κ1) is 20.0. The van der Waals surface area contributed by atoms with Crippen molar-refractivity contribution in [1.82, 2.24) is 5.32 Å². The number of hydrogen-bond acceptors (Lipinski definition) is 4. The van der Waals surface area contributed by atoms with Crippen LogP contribution in [-0.2, 0) is 14.8 Å². The van der Waals surface area contributed by atoms with Crippen molar-refractivity contribution >= 4 is 49.1 Å². The largest absolute Gasteiger partial charge is 0.476 e. The fourth-order valence-corrected chi connectivity index (χ4v) is 5.22. The summed E-state index contributed by atoms with van der Waals surface area (Å²) in [4.78, 5) is 12.4. The van der Waals surface area contributed by atoms with E-state index < -0.39 is 16.1 Å². The zero-order valence-corrected chi connectivity index (χ0v) is 17.6. The Labute approximate surface area is 171 Å². The molecular formula is C18H18BrClN2O4S. The Morgan fingerprint density at radius 1 is 1.33 bits per heavy atom. The van der Waals surface area contributed by atoms with Crippen molar-refractivity contribution in [3.05, 3.63) is 52.0 Å². The number of sulfonamides is 1. The Morgan fingerprint density at radius 2 is 2.07 bits per heavy atom. The van der Waals surface area contributed by atoms with Gasteiger partial charge in [0.1, 0.15) is 10.6 Å². The van der Waals surface area contributed by atoms with E-state index in [1.54, 1.807) is 30.3 Å². The lowest BCUT2D eigenvalue weighted by atomic mass is 10.2. The quantitative estimate of drug-likeness (QED) is 0.720.